The van der Waals surface area contributed by atoms with Crippen molar-refractivity contribution in [3.05, 3.63) is 0 Å². The molecule has 10 heteroatoms. The highest BCUT2D eigenvalue weighted by Crippen LogP contribution is 2.43. The average Bonchev–Trinajstić information content (AvgIpc) is 3.06. The number of hydrogen-bond donors (Lipinski definition) is 5. The van der Waals surface area contributed by atoms with Crippen LogP contribution in [0.2, 0.25) is 0 Å². The molecule has 4 atom stereocenters. The van der Waals surface area contributed by atoms with E-state index in [-0.39, 0.29) is 26.2 Å². The van der Waals surface area contributed by atoms with Crippen LogP contribution in [0, 0.1) is 0 Å². The van der Waals surface area contributed by atoms with Crippen molar-refractivity contribution in [2.24, 2.45) is 5.73 Å². The Bertz CT molecular complexity index is 746. The monoisotopic (exact) mass is 707 g/mol. The van der Waals surface area contributed by atoms with Crippen LogP contribution < -0.4 is 11.1 Å². The molecule has 0 aromatic rings. The van der Waals surface area contributed by atoms with E-state index < -0.39 is 32.0 Å². The van der Waals surface area contributed by atoms with Crippen molar-refractivity contribution in [3.8, 4) is 0 Å². The number of carbonyl (C=O) groups excluding carboxylic acids is 1. The van der Waals surface area contributed by atoms with Gasteiger partial charge in [0.1, 0.15) is 0 Å². The van der Waals surface area contributed by atoms with Crippen LogP contribution in [0.15, 0.2) is 0 Å². The largest absolute Gasteiger partial charge is 0.472 e. The van der Waals surface area contributed by atoms with Crippen molar-refractivity contribution in [1.82, 2.24) is 5.32 Å². The van der Waals surface area contributed by atoms with E-state index in [1.807, 2.05) is 0 Å². The van der Waals surface area contributed by atoms with Crippen LogP contribution in [-0.2, 0) is 18.4 Å². The number of hydrogen-bond acceptors (Lipinski definition) is 7. The lowest BCUT2D eigenvalue weighted by molar-refractivity contribution is -0.125. The third-order valence-corrected chi connectivity index (χ3v) is 10.2. The fourth-order valence-corrected chi connectivity index (χ4v) is 6.94. The average molecular weight is 707 g/mol. The minimum absolute atomic E-state index is 0.0624. The molecule has 0 bridgehead atoms. The molecular weight excluding hydrogens is 627 g/mol. The fourth-order valence-electron chi connectivity index (χ4n) is 6.18. The maximum Gasteiger partial charge on any atom is 0.472 e. The van der Waals surface area contributed by atoms with Crippen molar-refractivity contribution in [2.75, 3.05) is 19.8 Å². The summed E-state index contributed by atoms with van der Waals surface area (Å²) in [4.78, 5) is 22.7. The SMILES string of the molecule is CCCCCCCCCCCCCCCCCCCC(O)C(COP(=O)(O)OCCN)NC(=O)CC(O)CCCCCCCCCCC. The third kappa shape index (κ3) is 32.7. The van der Waals surface area contributed by atoms with Crippen molar-refractivity contribution in [2.45, 2.75) is 218 Å². The Morgan fingerprint density at radius 2 is 1.00 bits per heavy atom. The van der Waals surface area contributed by atoms with Crippen LogP contribution in [0.3, 0.4) is 0 Å². The first-order valence-corrected chi connectivity index (χ1v) is 21.7. The molecule has 4 unspecified atom stereocenters. The summed E-state index contributed by atoms with van der Waals surface area (Å²) < 4.78 is 22.1. The van der Waals surface area contributed by atoms with Gasteiger partial charge in [-0.15, -0.1) is 0 Å². The summed E-state index contributed by atoms with van der Waals surface area (Å²) in [7, 11) is -4.36. The number of aliphatic hydroxyl groups is 2. The maximum absolute atomic E-state index is 12.7. The second-order valence-corrected chi connectivity index (χ2v) is 15.5. The number of unbranched alkanes of at least 4 members (excludes halogenated alkanes) is 24. The van der Waals surface area contributed by atoms with Gasteiger partial charge >= 0.3 is 7.82 Å². The van der Waals surface area contributed by atoms with Crippen molar-refractivity contribution in [3.63, 3.8) is 0 Å². The molecule has 0 rings (SSSR count). The fraction of sp³-hybridized carbons (Fsp3) is 0.974. The Kier molecular flexibility index (Phi) is 34.5. The Morgan fingerprint density at radius 3 is 1.40 bits per heavy atom. The van der Waals surface area contributed by atoms with Crippen LogP contribution >= 0.6 is 7.82 Å². The molecule has 0 aliphatic heterocycles. The molecular formula is C38H79N2O7P. The van der Waals surface area contributed by atoms with E-state index in [2.05, 4.69) is 19.2 Å². The zero-order valence-electron chi connectivity index (χ0n) is 31.4. The molecule has 48 heavy (non-hydrogen) atoms. The Balaban J connectivity index is 4.27. The van der Waals surface area contributed by atoms with Crippen molar-refractivity contribution < 1.29 is 33.5 Å². The number of amides is 1. The van der Waals surface area contributed by atoms with Crippen LogP contribution in [0.4, 0.5) is 0 Å². The summed E-state index contributed by atoms with van der Waals surface area (Å²) in [6.07, 6.45) is 31.5. The summed E-state index contributed by atoms with van der Waals surface area (Å²) in [5.74, 6) is -0.413. The van der Waals surface area contributed by atoms with E-state index in [9.17, 15) is 24.5 Å². The predicted molar refractivity (Wildman–Crippen MR) is 200 cm³/mol. The lowest BCUT2D eigenvalue weighted by Gasteiger charge is -2.25. The van der Waals surface area contributed by atoms with Gasteiger partial charge in [0.2, 0.25) is 5.91 Å². The number of nitrogens with two attached hydrogens (primary N) is 1. The summed E-state index contributed by atoms with van der Waals surface area (Å²) >= 11 is 0. The lowest BCUT2D eigenvalue weighted by atomic mass is 10.0. The zero-order valence-corrected chi connectivity index (χ0v) is 32.3. The second-order valence-electron chi connectivity index (χ2n) is 14.0. The van der Waals surface area contributed by atoms with Crippen molar-refractivity contribution >= 4 is 13.7 Å². The topological polar surface area (TPSA) is 151 Å². The van der Waals surface area contributed by atoms with E-state index in [4.69, 9.17) is 14.8 Å². The normalized spacial score (nSPS) is 14.9. The minimum atomic E-state index is -4.36. The van der Waals surface area contributed by atoms with E-state index in [0.717, 1.165) is 38.5 Å². The highest BCUT2D eigenvalue weighted by Gasteiger charge is 2.28. The molecule has 0 saturated carbocycles. The van der Waals surface area contributed by atoms with Crippen molar-refractivity contribution in [1.29, 1.82) is 0 Å². The highest BCUT2D eigenvalue weighted by molar-refractivity contribution is 7.47. The highest BCUT2D eigenvalue weighted by atomic mass is 31.2. The number of aliphatic hydroxyl groups excluding tert-OH is 2. The first kappa shape index (κ1) is 47.5. The molecule has 0 heterocycles. The second kappa shape index (κ2) is 34.9. The van der Waals surface area contributed by atoms with Crippen LogP contribution in [-0.4, -0.2) is 59.0 Å². The Labute approximate surface area is 295 Å². The van der Waals surface area contributed by atoms with Gasteiger partial charge in [0.15, 0.2) is 0 Å². The number of nitrogens with one attached hydrogen (secondary N) is 1. The maximum atomic E-state index is 12.7. The van der Waals surface area contributed by atoms with E-state index in [1.54, 1.807) is 0 Å². The molecule has 0 fully saturated rings. The third-order valence-electron chi connectivity index (χ3n) is 9.27. The van der Waals surface area contributed by atoms with Crippen LogP contribution in [0.25, 0.3) is 0 Å². The molecule has 6 N–H and O–H groups in total. The minimum Gasteiger partial charge on any atom is -0.393 e. The number of phosphoric acid groups is 1. The zero-order chi connectivity index (χ0) is 35.6. The van der Waals surface area contributed by atoms with Crippen LogP contribution in [0.1, 0.15) is 200 Å². The van der Waals surface area contributed by atoms with Gasteiger partial charge in [-0.2, -0.15) is 0 Å². The molecule has 0 aliphatic carbocycles. The number of phosphoric ester groups is 1. The van der Waals surface area contributed by atoms with Gasteiger partial charge in [-0.05, 0) is 12.8 Å². The summed E-state index contributed by atoms with van der Waals surface area (Å²) in [6.45, 7) is 4.03. The molecule has 0 spiro atoms. The van der Waals surface area contributed by atoms with Crippen LogP contribution in [0.5, 0.6) is 0 Å². The smallest absolute Gasteiger partial charge is 0.393 e. The van der Waals surface area contributed by atoms with E-state index in [0.29, 0.717) is 12.8 Å². The molecule has 0 saturated heterocycles. The summed E-state index contributed by atoms with van der Waals surface area (Å²) in [6, 6.07) is -0.889. The van der Waals surface area contributed by atoms with Gasteiger partial charge in [-0.25, -0.2) is 4.57 Å². The molecule has 0 aliphatic rings. The number of carbonyl (C=O) groups is 1. The Morgan fingerprint density at radius 1 is 0.625 bits per heavy atom. The summed E-state index contributed by atoms with van der Waals surface area (Å²) in [5.41, 5.74) is 5.35. The van der Waals surface area contributed by atoms with Gasteiger partial charge < -0.3 is 26.2 Å². The van der Waals surface area contributed by atoms with Gasteiger partial charge in [-0.1, -0.05) is 181 Å². The van der Waals surface area contributed by atoms with E-state index in [1.165, 1.54) is 128 Å². The first-order chi connectivity index (χ1) is 23.3. The predicted octanol–water partition coefficient (Wildman–Crippen LogP) is 9.64. The van der Waals surface area contributed by atoms with Gasteiger partial charge in [0.25, 0.3) is 0 Å². The molecule has 0 aromatic carbocycles. The summed E-state index contributed by atoms with van der Waals surface area (Å²) in [5, 5.41) is 24.0. The lowest BCUT2D eigenvalue weighted by Crippen LogP contribution is -2.47. The molecule has 288 valence electrons. The van der Waals surface area contributed by atoms with Gasteiger partial charge in [0, 0.05) is 6.54 Å². The van der Waals surface area contributed by atoms with Gasteiger partial charge in [0.05, 0.1) is 37.9 Å². The molecule has 9 nitrogen and oxygen atoms in total. The quantitative estimate of drug-likeness (QED) is 0.0315. The number of rotatable bonds is 38. The molecule has 0 aromatic heterocycles. The Hall–Kier alpha value is -0.540. The van der Waals surface area contributed by atoms with E-state index >= 15 is 0 Å². The molecule has 1 amide bonds. The standard InChI is InChI=1S/C38H79N2O7P/c1-3-5-7-9-11-13-14-15-16-17-18-19-20-22-24-26-28-30-37(42)36(34-47-48(44,45)46-32-31-39)40-38(43)33-35(41)29-27-25-23-21-12-10-8-6-4-2/h35-37,41-42H,3-34,39H2,1-2H3,(H,40,43)(H,44,45). The first-order valence-electron chi connectivity index (χ1n) is 20.2. The van der Waals surface area contributed by atoms with Gasteiger partial charge in [-0.3, -0.25) is 13.8 Å². The molecule has 0 radical (unpaired) electrons.